The molecule has 0 radical (unpaired) electrons. The Morgan fingerprint density at radius 2 is 2.00 bits per heavy atom. The minimum absolute atomic E-state index is 0.0251. The monoisotopic (exact) mass is 420 g/mol. The van der Waals surface area contributed by atoms with E-state index in [4.69, 9.17) is 9.47 Å². The molecule has 0 aliphatic carbocycles. The predicted molar refractivity (Wildman–Crippen MR) is 117 cm³/mol. The van der Waals surface area contributed by atoms with Crippen molar-refractivity contribution in [2.45, 2.75) is 37.1 Å². The first-order valence-corrected chi connectivity index (χ1v) is 11.1. The summed E-state index contributed by atoms with van der Waals surface area (Å²) in [7, 11) is 1.63. The van der Waals surface area contributed by atoms with Crippen LogP contribution in [0.25, 0.3) is 0 Å². The maximum absolute atomic E-state index is 13.5. The van der Waals surface area contributed by atoms with Crippen LogP contribution in [0.15, 0.2) is 48.5 Å². The second kappa shape index (κ2) is 8.00. The van der Waals surface area contributed by atoms with Gasteiger partial charge in [0.1, 0.15) is 11.2 Å². The highest BCUT2D eigenvalue weighted by atomic mass is 16.5. The van der Waals surface area contributed by atoms with Gasteiger partial charge >= 0.3 is 0 Å². The number of fused-ring (bicyclic) bond motifs is 2. The number of methoxy groups -OCH3 is 1. The zero-order valence-corrected chi connectivity index (χ0v) is 17.8. The van der Waals surface area contributed by atoms with Crippen molar-refractivity contribution in [3.8, 4) is 5.75 Å². The number of anilines is 1. The van der Waals surface area contributed by atoms with Gasteiger partial charge in [0.25, 0.3) is 0 Å². The number of carbonyl (C=O) groups excluding carboxylic acids is 2. The molecule has 1 spiro atoms. The smallest absolute Gasteiger partial charge is 0.237 e. The molecular weight excluding hydrogens is 392 g/mol. The summed E-state index contributed by atoms with van der Waals surface area (Å²) in [5.41, 5.74) is 1.98. The van der Waals surface area contributed by atoms with Gasteiger partial charge in [0.15, 0.2) is 0 Å². The number of carbonyl (C=O) groups is 2. The molecule has 2 saturated heterocycles. The quantitative estimate of drug-likeness (QED) is 0.820. The maximum atomic E-state index is 13.5. The number of para-hydroxylation sites is 1. The third kappa shape index (κ3) is 3.30. The van der Waals surface area contributed by atoms with E-state index in [2.05, 4.69) is 5.32 Å². The van der Waals surface area contributed by atoms with E-state index in [0.29, 0.717) is 25.3 Å². The van der Waals surface area contributed by atoms with Crippen LogP contribution in [0.2, 0.25) is 0 Å². The third-order valence-electron chi connectivity index (χ3n) is 7.12. The van der Waals surface area contributed by atoms with Gasteiger partial charge in [-0.3, -0.25) is 9.59 Å². The first kappa shape index (κ1) is 20.1. The minimum Gasteiger partial charge on any atom is -0.497 e. The Kier molecular flexibility index (Phi) is 5.18. The van der Waals surface area contributed by atoms with Crippen LogP contribution < -0.4 is 10.1 Å². The van der Waals surface area contributed by atoms with E-state index >= 15 is 0 Å². The van der Waals surface area contributed by atoms with Crippen molar-refractivity contribution in [2.24, 2.45) is 5.92 Å². The number of nitrogens with one attached hydrogen (secondary N) is 1. The van der Waals surface area contributed by atoms with Gasteiger partial charge in [-0.15, -0.1) is 0 Å². The Morgan fingerprint density at radius 3 is 2.81 bits per heavy atom. The molecule has 0 bridgehead atoms. The Bertz CT molecular complexity index is 1000. The molecule has 2 fully saturated rings. The molecule has 6 heteroatoms. The van der Waals surface area contributed by atoms with Crippen LogP contribution in [-0.4, -0.2) is 43.6 Å². The van der Waals surface area contributed by atoms with Crippen LogP contribution in [0.3, 0.4) is 0 Å². The topological polar surface area (TPSA) is 67.9 Å². The summed E-state index contributed by atoms with van der Waals surface area (Å²) in [6, 6.07) is 15.3. The highest BCUT2D eigenvalue weighted by Gasteiger charge is 2.59. The normalized spacial score (nSPS) is 25.5. The molecule has 3 aliphatic rings. The first-order valence-electron chi connectivity index (χ1n) is 11.1. The van der Waals surface area contributed by atoms with Crippen molar-refractivity contribution in [1.29, 1.82) is 0 Å². The van der Waals surface area contributed by atoms with Crippen LogP contribution in [0.5, 0.6) is 5.75 Å². The summed E-state index contributed by atoms with van der Waals surface area (Å²) >= 11 is 0. The number of hydrogen-bond donors (Lipinski definition) is 1. The van der Waals surface area contributed by atoms with Gasteiger partial charge in [-0.1, -0.05) is 30.3 Å². The molecule has 2 amide bonds. The van der Waals surface area contributed by atoms with Crippen molar-refractivity contribution in [1.82, 2.24) is 4.90 Å². The van der Waals surface area contributed by atoms with Crippen molar-refractivity contribution in [3.05, 3.63) is 59.7 Å². The molecule has 2 aromatic carbocycles. The second-order valence-corrected chi connectivity index (χ2v) is 8.75. The number of likely N-dealkylation sites (tertiary alicyclic amines) is 1. The van der Waals surface area contributed by atoms with Crippen LogP contribution in [0.1, 0.15) is 42.9 Å². The third-order valence-corrected chi connectivity index (χ3v) is 7.12. The van der Waals surface area contributed by atoms with E-state index in [1.807, 2.05) is 53.4 Å². The lowest BCUT2D eigenvalue weighted by atomic mass is 9.72. The number of nitrogens with zero attached hydrogens (tertiary/aromatic N) is 1. The SMILES string of the molecule is COc1cccc(C2N(C(=O)CC3CCOCC3)CCC23C(=O)Nc2ccccc23)c1. The van der Waals surface area contributed by atoms with E-state index in [1.54, 1.807) is 7.11 Å². The zero-order valence-electron chi connectivity index (χ0n) is 17.8. The second-order valence-electron chi connectivity index (χ2n) is 8.75. The minimum atomic E-state index is -0.783. The number of ether oxygens (including phenoxy) is 2. The molecule has 2 unspecified atom stereocenters. The Labute approximate surface area is 182 Å². The molecule has 5 rings (SSSR count). The lowest BCUT2D eigenvalue weighted by Crippen LogP contribution is -2.43. The lowest BCUT2D eigenvalue weighted by Gasteiger charge is -2.35. The molecule has 6 nitrogen and oxygen atoms in total. The Morgan fingerprint density at radius 1 is 1.19 bits per heavy atom. The van der Waals surface area contributed by atoms with Crippen molar-refractivity contribution in [2.75, 3.05) is 32.2 Å². The molecule has 3 heterocycles. The van der Waals surface area contributed by atoms with Crippen LogP contribution in [0, 0.1) is 5.92 Å². The number of benzene rings is 2. The van der Waals surface area contributed by atoms with Crippen molar-refractivity contribution in [3.63, 3.8) is 0 Å². The van der Waals surface area contributed by atoms with E-state index in [0.717, 1.165) is 48.6 Å². The lowest BCUT2D eigenvalue weighted by molar-refractivity contribution is -0.135. The molecule has 0 aromatic heterocycles. The number of hydrogen-bond acceptors (Lipinski definition) is 4. The molecule has 31 heavy (non-hydrogen) atoms. The average Bonchev–Trinajstić information content (AvgIpc) is 3.34. The molecule has 3 aliphatic heterocycles. The fourth-order valence-electron chi connectivity index (χ4n) is 5.55. The molecule has 1 N–H and O–H groups in total. The fourth-order valence-corrected chi connectivity index (χ4v) is 5.55. The van der Waals surface area contributed by atoms with Crippen molar-refractivity contribution < 1.29 is 19.1 Å². The van der Waals surface area contributed by atoms with E-state index in [9.17, 15) is 9.59 Å². The van der Waals surface area contributed by atoms with Crippen molar-refractivity contribution >= 4 is 17.5 Å². The average molecular weight is 421 g/mol. The van der Waals surface area contributed by atoms with E-state index in [1.165, 1.54) is 0 Å². The first-order chi connectivity index (χ1) is 15.1. The Balaban J connectivity index is 1.56. The van der Waals surface area contributed by atoms with Gasteiger partial charge in [0.05, 0.1) is 13.2 Å². The van der Waals surface area contributed by atoms with E-state index in [-0.39, 0.29) is 17.9 Å². The van der Waals surface area contributed by atoms with E-state index < -0.39 is 5.41 Å². The standard InChI is InChI=1S/C25H28N2O4/c1-30-19-6-4-5-18(16-19)23-25(20-7-2-3-8-21(20)26-24(25)29)11-12-27(23)22(28)15-17-9-13-31-14-10-17/h2-8,16-17,23H,9-15H2,1H3,(H,26,29). The Hall–Kier alpha value is -2.86. The highest BCUT2D eigenvalue weighted by Crippen LogP contribution is 2.55. The summed E-state index contributed by atoms with van der Waals surface area (Å²) in [6.45, 7) is 2.00. The molecule has 2 atom stereocenters. The van der Waals surface area contributed by atoms with Gasteiger partial charge in [-0.05, 0) is 54.5 Å². The van der Waals surface area contributed by atoms with Gasteiger partial charge in [0.2, 0.25) is 11.8 Å². The van der Waals surface area contributed by atoms with Crippen LogP contribution in [0.4, 0.5) is 5.69 Å². The number of amides is 2. The molecule has 162 valence electrons. The summed E-state index contributed by atoms with van der Waals surface area (Å²) in [4.78, 5) is 28.9. The summed E-state index contributed by atoms with van der Waals surface area (Å²) in [6.07, 6.45) is 2.94. The fraction of sp³-hybridized carbons (Fsp3) is 0.440. The van der Waals surface area contributed by atoms with Gasteiger partial charge in [-0.25, -0.2) is 0 Å². The van der Waals surface area contributed by atoms with Gasteiger partial charge < -0.3 is 19.7 Å². The highest BCUT2D eigenvalue weighted by molar-refractivity contribution is 6.07. The van der Waals surface area contributed by atoms with Gasteiger partial charge in [-0.2, -0.15) is 0 Å². The predicted octanol–water partition coefficient (Wildman–Crippen LogP) is 3.68. The molecule has 2 aromatic rings. The molecule has 0 saturated carbocycles. The number of rotatable bonds is 4. The largest absolute Gasteiger partial charge is 0.497 e. The summed E-state index contributed by atoms with van der Waals surface area (Å²) < 4.78 is 10.9. The van der Waals surface area contributed by atoms with Crippen LogP contribution in [-0.2, 0) is 19.7 Å². The summed E-state index contributed by atoms with van der Waals surface area (Å²) in [5, 5.41) is 3.07. The summed E-state index contributed by atoms with van der Waals surface area (Å²) in [5.74, 6) is 1.16. The maximum Gasteiger partial charge on any atom is 0.237 e. The molecular formula is C25H28N2O4. The van der Waals surface area contributed by atoms with Crippen LogP contribution >= 0.6 is 0 Å². The van der Waals surface area contributed by atoms with Gasteiger partial charge in [0, 0.05) is 31.9 Å². The zero-order chi connectivity index (χ0) is 21.4.